The molecule has 0 saturated heterocycles. The van der Waals surface area contributed by atoms with Crippen molar-refractivity contribution < 1.29 is 0 Å². The van der Waals surface area contributed by atoms with Crippen molar-refractivity contribution in [2.75, 3.05) is 17.2 Å². The van der Waals surface area contributed by atoms with E-state index in [1.807, 2.05) is 19.1 Å². The van der Waals surface area contributed by atoms with Crippen molar-refractivity contribution in [1.82, 2.24) is 0 Å². The van der Waals surface area contributed by atoms with Gasteiger partial charge in [-0.2, -0.15) is 5.26 Å². The van der Waals surface area contributed by atoms with Gasteiger partial charge in [0.05, 0.1) is 12.5 Å². The summed E-state index contributed by atoms with van der Waals surface area (Å²) in [5.41, 5.74) is 8.92. The fourth-order valence-corrected chi connectivity index (χ4v) is 1.78. The Balaban J connectivity index is 3.02. The van der Waals surface area contributed by atoms with Crippen molar-refractivity contribution in [2.24, 2.45) is 0 Å². The topological polar surface area (TPSA) is 53.0 Å². The van der Waals surface area contributed by atoms with E-state index in [4.69, 9.17) is 11.0 Å². The molecular formula is C13H19N3. The summed E-state index contributed by atoms with van der Waals surface area (Å²) in [6, 6.07) is 8.47. The largest absolute Gasteiger partial charge is 0.398 e. The molecule has 2 N–H and O–H groups in total. The maximum absolute atomic E-state index is 8.67. The number of nitrogens with zero attached hydrogens (tertiary/aromatic N) is 2. The van der Waals surface area contributed by atoms with E-state index in [9.17, 15) is 0 Å². The summed E-state index contributed by atoms with van der Waals surface area (Å²) in [6.07, 6.45) is 0.534. The maximum Gasteiger partial charge on any atom is 0.0640 e. The van der Waals surface area contributed by atoms with Gasteiger partial charge in [-0.1, -0.05) is 6.07 Å². The number of rotatable bonds is 4. The number of hydrogen-bond acceptors (Lipinski definition) is 3. The summed E-state index contributed by atoms with van der Waals surface area (Å²) in [6.45, 7) is 7.02. The van der Waals surface area contributed by atoms with Gasteiger partial charge < -0.3 is 10.6 Å². The van der Waals surface area contributed by atoms with E-state index in [0.29, 0.717) is 12.5 Å². The fourth-order valence-electron chi connectivity index (χ4n) is 1.78. The predicted molar refractivity (Wildman–Crippen MR) is 68.3 cm³/mol. The number of nitrogens with two attached hydrogens (primary N) is 1. The number of anilines is 2. The van der Waals surface area contributed by atoms with Gasteiger partial charge >= 0.3 is 0 Å². The Kier molecular flexibility index (Phi) is 4.19. The van der Waals surface area contributed by atoms with Crippen LogP contribution in [-0.2, 0) is 0 Å². The van der Waals surface area contributed by atoms with Crippen LogP contribution >= 0.6 is 0 Å². The first kappa shape index (κ1) is 12.4. The molecule has 0 aliphatic heterocycles. The van der Waals surface area contributed by atoms with Crippen molar-refractivity contribution in [3.05, 3.63) is 23.8 Å². The molecule has 0 spiro atoms. The second-order valence-corrected chi connectivity index (χ2v) is 4.19. The van der Waals surface area contributed by atoms with Crippen molar-refractivity contribution in [2.45, 2.75) is 33.2 Å². The SMILES string of the molecule is Cc1c(N)cccc1N(CCC#N)C(C)C. The summed E-state index contributed by atoms with van der Waals surface area (Å²) in [5, 5.41) is 8.67. The Labute approximate surface area is 97.5 Å². The van der Waals surface area contributed by atoms with E-state index >= 15 is 0 Å². The molecule has 3 nitrogen and oxygen atoms in total. The lowest BCUT2D eigenvalue weighted by atomic mass is 10.1. The van der Waals surface area contributed by atoms with Gasteiger partial charge in [-0.25, -0.2) is 0 Å². The van der Waals surface area contributed by atoms with Crippen LogP contribution in [0.1, 0.15) is 25.8 Å². The zero-order chi connectivity index (χ0) is 12.1. The number of nitriles is 1. The van der Waals surface area contributed by atoms with Gasteiger partial charge in [0.15, 0.2) is 0 Å². The smallest absolute Gasteiger partial charge is 0.0640 e. The van der Waals surface area contributed by atoms with E-state index in [1.54, 1.807) is 0 Å². The molecule has 0 heterocycles. The standard InChI is InChI=1S/C13H19N3/c1-10(2)16(9-5-8-14)13-7-4-6-12(15)11(13)3/h4,6-7,10H,5,9,15H2,1-3H3. The highest BCUT2D eigenvalue weighted by Gasteiger charge is 2.13. The van der Waals surface area contributed by atoms with Crippen LogP contribution in [-0.4, -0.2) is 12.6 Å². The first-order chi connectivity index (χ1) is 7.57. The molecule has 3 heteroatoms. The van der Waals surface area contributed by atoms with Crippen molar-refractivity contribution in [3.8, 4) is 6.07 Å². The molecule has 0 unspecified atom stereocenters. The minimum Gasteiger partial charge on any atom is -0.398 e. The van der Waals surface area contributed by atoms with Crippen LogP contribution in [0.4, 0.5) is 11.4 Å². The van der Waals surface area contributed by atoms with Crippen LogP contribution in [0, 0.1) is 18.3 Å². The number of hydrogen-bond donors (Lipinski definition) is 1. The Morgan fingerprint density at radius 1 is 1.44 bits per heavy atom. The Morgan fingerprint density at radius 2 is 2.12 bits per heavy atom. The molecule has 0 amide bonds. The second-order valence-electron chi connectivity index (χ2n) is 4.19. The van der Waals surface area contributed by atoms with Gasteiger partial charge in [0.25, 0.3) is 0 Å². The Bertz CT molecular complexity index is 391. The van der Waals surface area contributed by atoms with Crippen molar-refractivity contribution in [3.63, 3.8) is 0 Å². The molecule has 0 aliphatic rings. The fraction of sp³-hybridized carbons (Fsp3) is 0.462. The third-order valence-corrected chi connectivity index (χ3v) is 2.74. The molecule has 1 rings (SSSR count). The molecule has 0 saturated carbocycles. The average Bonchev–Trinajstić information content (AvgIpc) is 2.24. The molecule has 86 valence electrons. The lowest BCUT2D eigenvalue weighted by molar-refractivity contribution is 0.685. The first-order valence-electron chi connectivity index (χ1n) is 5.56. The molecule has 1 aromatic carbocycles. The number of nitrogen functional groups attached to an aromatic ring is 1. The van der Waals surface area contributed by atoms with E-state index in [0.717, 1.165) is 23.5 Å². The first-order valence-corrected chi connectivity index (χ1v) is 5.56. The van der Waals surface area contributed by atoms with Crippen LogP contribution in [0.2, 0.25) is 0 Å². The third kappa shape index (κ3) is 2.66. The highest BCUT2D eigenvalue weighted by molar-refractivity contribution is 5.64. The lowest BCUT2D eigenvalue weighted by Gasteiger charge is -2.30. The van der Waals surface area contributed by atoms with Gasteiger partial charge in [-0.3, -0.25) is 0 Å². The predicted octanol–water partition coefficient (Wildman–Crippen LogP) is 2.71. The van der Waals surface area contributed by atoms with E-state index in [1.165, 1.54) is 0 Å². The molecule has 16 heavy (non-hydrogen) atoms. The molecule has 0 aliphatic carbocycles. The molecule has 0 aromatic heterocycles. The number of benzene rings is 1. The Morgan fingerprint density at radius 3 is 2.69 bits per heavy atom. The van der Waals surface area contributed by atoms with E-state index in [2.05, 4.69) is 30.9 Å². The molecule has 0 atom stereocenters. The second kappa shape index (κ2) is 5.41. The summed E-state index contributed by atoms with van der Waals surface area (Å²) >= 11 is 0. The van der Waals surface area contributed by atoms with Crippen molar-refractivity contribution in [1.29, 1.82) is 5.26 Å². The van der Waals surface area contributed by atoms with Crippen LogP contribution in [0.25, 0.3) is 0 Å². The molecule has 0 fully saturated rings. The molecule has 0 radical (unpaired) electrons. The molecule has 1 aromatic rings. The van der Waals surface area contributed by atoms with Crippen molar-refractivity contribution >= 4 is 11.4 Å². The van der Waals surface area contributed by atoms with E-state index < -0.39 is 0 Å². The van der Waals surface area contributed by atoms with Crippen LogP contribution < -0.4 is 10.6 Å². The normalized spacial score (nSPS) is 10.2. The highest BCUT2D eigenvalue weighted by atomic mass is 15.2. The quantitative estimate of drug-likeness (QED) is 0.789. The van der Waals surface area contributed by atoms with Crippen LogP contribution in [0.3, 0.4) is 0 Å². The van der Waals surface area contributed by atoms with Gasteiger partial charge in [0.2, 0.25) is 0 Å². The average molecular weight is 217 g/mol. The highest BCUT2D eigenvalue weighted by Crippen LogP contribution is 2.26. The monoisotopic (exact) mass is 217 g/mol. The summed E-state index contributed by atoms with van der Waals surface area (Å²) in [7, 11) is 0. The summed E-state index contributed by atoms with van der Waals surface area (Å²) < 4.78 is 0. The zero-order valence-electron chi connectivity index (χ0n) is 10.2. The molecule has 0 bridgehead atoms. The summed E-state index contributed by atoms with van der Waals surface area (Å²) in [5.74, 6) is 0. The lowest BCUT2D eigenvalue weighted by Crippen LogP contribution is -2.32. The molecular weight excluding hydrogens is 198 g/mol. The summed E-state index contributed by atoms with van der Waals surface area (Å²) in [4.78, 5) is 2.22. The Hall–Kier alpha value is -1.69. The van der Waals surface area contributed by atoms with E-state index in [-0.39, 0.29) is 0 Å². The van der Waals surface area contributed by atoms with Gasteiger partial charge in [0.1, 0.15) is 0 Å². The third-order valence-electron chi connectivity index (χ3n) is 2.74. The zero-order valence-corrected chi connectivity index (χ0v) is 10.2. The maximum atomic E-state index is 8.67. The minimum absolute atomic E-state index is 0.369. The van der Waals surface area contributed by atoms with Crippen LogP contribution in [0.5, 0.6) is 0 Å². The van der Waals surface area contributed by atoms with Gasteiger partial charge in [0, 0.05) is 24.0 Å². The van der Waals surface area contributed by atoms with Gasteiger partial charge in [-0.05, 0) is 38.5 Å². The van der Waals surface area contributed by atoms with Gasteiger partial charge in [-0.15, -0.1) is 0 Å². The van der Waals surface area contributed by atoms with Crippen LogP contribution in [0.15, 0.2) is 18.2 Å². The minimum atomic E-state index is 0.369.